The van der Waals surface area contributed by atoms with Gasteiger partial charge in [0.2, 0.25) is 5.91 Å². The molecule has 1 aliphatic rings. The molecule has 1 aromatic carbocycles. The zero-order valence-electron chi connectivity index (χ0n) is 14.1. The molecule has 5 nitrogen and oxygen atoms in total. The predicted octanol–water partition coefficient (Wildman–Crippen LogP) is 3.07. The molecule has 2 rings (SSSR count). The number of nitrogens with one attached hydrogen (secondary N) is 1. The van der Waals surface area contributed by atoms with Gasteiger partial charge in [0.15, 0.2) is 0 Å². The average molecular weight is 317 g/mol. The molecule has 0 aromatic heterocycles. The van der Waals surface area contributed by atoms with E-state index in [9.17, 15) is 9.59 Å². The third-order valence-electron chi connectivity index (χ3n) is 3.62. The zero-order chi connectivity index (χ0) is 16.9. The lowest BCUT2D eigenvalue weighted by Gasteiger charge is -2.31. The van der Waals surface area contributed by atoms with Crippen molar-refractivity contribution in [1.82, 2.24) is 10.2 Å². The fraction of sp³-hybridized carbons (Fsp3) is 0.556. The Labute approximate surface area is 138 Å². The van der Waals surface area contributed by atoms with E-state index in [1.54, 1.807) is 32.9 Å². The Morgan fingerprint density at radius 2 is 1.91 bits per heavy atom. The molecule has 23 heavy (non-hydrogen) atoms. The van der Waals surface area contributed by atoms with E-state index in [4.69, 9.17) is 4.74 Å². The van der Waals surface area contributed by atoms with Crippen molar-refractivity contribution >= 4 is 12.0 Å². The number of piperidine rings is 1. The van der Waals surface area contributed by atoms with Crippen LogP contribution in [0.4, 0.5) is 4.79 Å². The van der Waals surface area contributed by atoms with Gasteiger partial charge in [0.05, 0.1) is 0 Å². The quantitative estimate of drug-likeness (QED) is 0.932. The molecule has 0 saturated carbocycles. The number of hydrogen-bond acceptors (Lipinski definition) is 3. The molecule has 1 saturated heterocycles. The summed E-state index contributed by atoms with van der Waals surface area (Å²) in [6.45, 7) is 6.85. The number of benzene rings is 1. The molecule has 2 amide bonds. The Hall–Kier alpha value is -2.04. The average Bonchev–Trinajstić information content (AvgIpc) is 2.52. The Bertz CT molecular complexity index is 531. The Balaban J connectivity index is 2.15. The number of carbonyl (C=O) groups is 2. The highest BCUT2D eigenvalue weighted by molar-refractivity contribution is 5.87. The van der Waals surface area contributed by atoms with Gasteiger partial charge in [-0.15, -0.1) is 0 Å². The van der Waals surface area contributed by atoms with Crippen LogP contribution in [-0.2, 0) is 9.53 Å². The molecule has 5 heteroatoms. The van der Waals surface area contributed by atoms with Crippen LogP contribution < -0.4 is 5.32 Å². The first-order chi connectivity index (χ1) is 10.9. The maximum Gasteiger partial charge on any atom is 0.408 e. The predicted molar refractivity (Wildman–Crippen MR) is 87.8 cm³/mol. The second-order valence-corrected chi connectivity index (χ2v) is 6.78. The first-order valence-corrected chi connectivity index (χ1v) is 8.12. The summed E-state index contributed by atoms with van der Waals surface area (Å²) >= 11 is 0. The van der Waals surface area contributed by atoms with Crippen molar-refractivity contribution in [3.05, 3.63) is 35.9 Å². The second kappa shape index (κ2) is 7.49. The summed E-state index contributed by atoms with van der Waals surface area (Å²) in [5.41, 5.74) is 0.0392. The SMILES string of the molecule is CC(C)(C)OC(=O)NC(C(=O)N1CCCCC1)c1[c]cccc1. The highest BCUT2D eigenvalue weighted by atomic mass is 16.6. The van der Waals surface area contributed by atoms with Crippen LogP contribution in [0.3, 0.4) is 0 Å². The van der Waals surface area contributed by atoms with E-state index in [1.807, 2.05) is 17.0 Å². The highest BCUT2D eigenvalue weighted by Gasteiger charge is 2.30. The smallest absolute Gasteiger partial charge is 0.408 e. The van der Waals surface area contributed by atoms with Crippen LogP contribution in [0.25, 0.3) is 0 Å². The van der Waals surface area contributed by atoms with Crippen LogP contribution in [-0.4, -0.2) is 35.6 Å². The molecule has 125 valence electrons. The standard InChI is InChI=1S/C18H25N2O3/c1-18(2,3)23-17(22)19-15(14-10-6-4-7-11-14)16(21)20-12-8-5-9-13-20/h4,6-7,10,15H,5,8-9,12-13H2,1-3H3,(H,19,22). The van der Waals surface area contributed by atoms with Gasteiger partial charge in [-0.05, 0) is 51.7 Å². The fourth-order valence-electron chi connectivity index (χ4n) is 2.58. The summed E-state index contributed by atoms with van der Waals surface area (Å²) in [6, 6.07) is 9.48. The van der Waals surface area contributed by atoms with Gasteiger partial charge in [0.1, 0.15) is 11.6 Å². The molecule has 1 atom stereocenters. The van der Waals surface area contributed by atoms with Crippen LogP contribution >= 0.6 is 0 Å². The number of nitrogens with zero attached hydrogens (tertiary/aromatic N) is 1. The number of likely N-dealkylation sites (tertiary alicyclic amines) is 1. The van der Waals surface area contributed by atoms with Crippen LogP contribution in [0, 0.1) is 6.07 Å². The zero-order valence-corrected chi connectivity index (χ0v) is 14.1. The van der Waals surface area contributed by atoms with E-state index >= 15 is 0 Å². The molecule has 1 N–H and O–H groups in total. The maximum absolute atomic E-state index is 12.8. The molecule has 0 spiro atoms. The molecule has 1 fully saturated rings. The lowest BCUT2D eigenvalue weighted by molar-refractivity contribution is -0.134. The molecular formula is C18H25N2O3. The van der Waals surface area contributed by atoms with E-state index in [0.29, 0.717) is 5.56 Å². The van der Waals surface area contributed by atoms with Crippen molar-refractivity contribution in [3.8, 4) is 0 Å². The molecule has 1 radical (unpaired) electrons. The number of carbonyl (C=O) groups excluding carboxylic acids is 2. The molecule has 0 bridgehead atoms. The van der Waals surface area contributed by atoms with Crippen LogP contribution in [0.5, 0.6) is 0 Å². The highest BCUT2D eigenvalue weighted by Crippen LogP contribution is 2.19. The van der Waals surface area contributed by atoms with E-state index in [2.05, 4.69) is 11.4 Å². The Morgan fingerprint density at radius 1 is 1.22 bits per heavy atom. The van der Waals surface area contributed by atoms with Gasteiger partial charge in [-0.1, -0.05) is 24.3 Å². The second-order valence-electron chi connectivity index (χ2n) is 6.78. The molecule has 1 heterocycles. The summed E-state index contributed by atoms with van der Waals surface area (Å²) in [7, 11) is 0. The van der Waals surface area contributed by atoms with Gasteiger partial charge >= 0.3 is 6.09 Å². The fourth-order valence-corrected chi connectivity index (χ4v) is 2.58. The minimum Gasteiger partial charge on any atom is -0.444 e. The van der Waals surface area contributed by atoms with Gasteiger partial charge in [-0.25, -0.2) is 4.79 Å². The normalized spacial score (nSPS) is 16.6. The van der Waals surface area contributed by atoms with E-state index in [-0.39, 0.29) is 5.91 Å². The van der Waals surface area contributed by atoms with Crippen LogP contribution in [0.2, 0.25) is 0 Å². The van der Waals surface area contributed by atoms with Gasteiger partial charge in [0, 0.05) is 13.1 Å². The summed E-state index contributed by atoms with van der Waals surface area (Å²) in [4.78, 5) is 26.8. The van der Waals surface area contributed by atoms with Gasteiger partial charge in [-0.2, -0.15) is 0 Å². The Morgan fingerprint density at radius 3 is 2.48 bits per heavy atom. The minimum atomic E-state index is -0.760. The molecule has 0 aliphatic carbocycles. The Kier molecular flexibility index (Phi) is 5.64. The number of rotatable bonds is 3. The van der Waals surface area contributed by atoms with E-state index < -0.39 is 17.7 Å². The molecular weight excluding hydrogens is 292 g/mol. The number of amides is 2. The summed E-state index contributed by atoms with van der Waals surface area (Å²) < 4.78 is 5.29. The molecule has 1 aliphatic heterocycles. The molecule has 1 unspecified atom stereocenters. The number of hydrogen-bond donors (Lipinski definition) is 1. The van der Waals surface area contributed by atoms with Gasteiger partial charge in [0.25, 0.3) is 0 Å². The summed E-state index contributed by atoms with van der Waals surface area (Å²) in [6.07, 6.45) is 2.56. The minimum absolute atomic E-state index is 0.0991. The van der Waals surface area contributed by atoms with Crippen molar-refractivity contribution in [2.75, 3.05) is 13.1 Å². The van der Waals surface area contributed by atoms with Gasteiger partial charge < -0.3 is 15.0 Å². The van der Waals surface area contributed by atoms with E-state index in [1.165, 1.54) is 0 Å². The topological polar surface area (TPSA) is 58.6 Å². The third kappa shape index (κ3) is 5.27. The lowest BCUT2D eigenvalue weighted by Crippen LogP contribution is -2.46. The first kappa shape index (κ1) is 17.3. The number of ether oxygens (including phenoxy) is 1. The third-order valence-corrected chi connectivity index (χ3v) is 3.62. The van der Waals surface area contributed by atoms with Crippen LogP contribution in [0.1, 0.15) is 51.6 Å². The lowest BCUT2D eigenvalue weighted by atomic mass is 10.0. The molecule has 1 aromatic rings. The van der Waals surface area contributed by atoms with E-state index in [0.717, 1.165) is 32.4 Å². The van der Waals surface area contributed by atoms with Gasteiger partial charge in [-0.3, -0.25) is 4.79 Å². The van der Waals surface area contributed by atoms with Crippen molar-refractivity contribution < 1.29 is 14.3 Å². The van der Waals surface area contributed by atoms with Crippen molar-refractivity contribution in [1.29, 1.82) is 0 Å². The largest absolute Gasteiger partial charge is 0.444 e. The monoisotopic (exact) mass is 317 g/mol. The maximum atomic E-state index is 12.8. The summed E-state index contributed by atoms with van der Waals surface area (Å²) in [5.74, 6) is -0.0991. The number of alkyl carbamates (subject to hydrolysis) is 1. The summed E-state index contributed by atoms with van der Waals surface area (Å²) in [5, 5.41) is 2.70. The van der Waals surface area contributed by atoms with Crippen molar-refractivity contribution in [3.63, 3.8) is 0 Å². The first-order valence-electron chi connectivity index (χ1n) is 8.12. The van der Waals surface area contributed by atoms with Crippen LogP contribution in [0.15, 0.2) is 24.3 Å². The van der Waals surface area contributed by atoms with Crippen molar-refractivity contribution in [2.24, 2.45) is 0 Å². The van der Waals surface area contributed by atoms with Crippen molar-refractivity contribution in [2.45, 2.75) is 51.7 Å².